The molecule has 160 valence electrons. The van der Waals surface area contributed by atoms with Crippen molar-refractivity contribution in [3.8, 4) is 0 Å². The van der Waals surface area contributed by atoms with Gasteiger partial charge in [0.05, 0.1) is 25.9 Å². The molecule has 1 saturated heterocycles. The predicted octanol–water partition coefficient (Wildman–Crippen LogP) is 1.93. The number of hydrogen-bond donors (Lipinski definition) is 2. The number of epoxide rings is 1. The summed E-state index contributed by atoms with van der Waals surface area (Å²) in [6, 6.07) is 0. The molecule has 0 radical (unpaired) electrons. The maximum Gasteiger partial charge on any atom is 0.535 e. The lowest BCUT2D eigenvalue weighted by Gasteiger charge is -2.50. The molecule has 1 fully saturated rings. The fourth-order valence-electron chi connectivity index (χ4n) is 3.63. The van der Waals surface area contributed by atoms with Crippen LogP contribution in [0.15, 0.2) is 12.2 Å². The maximum atomic E-state index is 9.99. The van der Waals surface area contributed by atoms with Crippen molar-refractivity contribution in [3.63, 3.8) is 0 Å². The van der Waals surface area contributed by atoms with E-state index in [9.17, 15) is 10.2 Å². The fourth-order valence-corrected chi connectivity index (χ4v) is 7.35. The first-order valence-corrected chi connectivity index (χ1v) is 11.7. The molecule has 0 bridgehead atoms. The van der Waals surface area contributed by atoms with E-state index in [1.54, 1.807) is 0 Å². The Morgan fingerprint density at radius 3 is 2.00 bits per heavy atom. The summed E-state index contributed by atoms with van der Waals surface area (Å²) in [7, 11) is -3.39. The van der Waals surface area contributed by atoms with Crippen LogP contribution in [0.3, 0.4) is 0 Å². The summed E-state index contributed by atoms with van der Waals surface area (Å²) < 4.78 is 30.8. The van der Waals surface area contributed by atoms with Gasteiger partial charge in [0.1, 0.15) is 11.3 Å². The number of ether oxygens (including phenoxy) is 2. The highest BCUT2D eigenvalue weighted by Crippen LogP contribution is 2.46. The molecule has 1 aliphatic heterocycles. The van der Waals surface area contributed by atoms with Crippen LogP contribution >= 0.6 is 0 Å². The quantitative estimate of drug-likeness (QED) is 0.244. The summed E-state index contributed by atoms with van der Waals surface area (Å²) in [5.74, 6) is -0.213. The minimum absolute atomic E-state index is 0.0249. The molecule has 0 aromatic carbocycles. The van der Waals surface area contributed by atoms with Gasteiger partial charge in [0, 0.05) is 25.7 Å². The molecule has 2 N–H and O–H groups in total. The molecule has 27 heavy (non-hydrogen) atoms. The second-order valence-electron chi connectivity index (χ2n) is 6.87. The van der Waals surface area contributed by atoms with Gasteiger partial charge in [0.15, 0.2) is 0 Å². The first-order chi connectivity index (χ1) is 12.9. The number of rotatable bonds is 15. The van der Waals surface area contributed by atoms with E-state index >= 15 is 0 Å². The zero-order valence-corrected chi connectivity index (χ0v) is 18.6. The lowest BCUT2D eigenvalue weighted by Crippen LogP contribution is -2.73. The number of aliphatic hydroxyl groups excluding tert-OH is 2. The molecule has 7 nitrogen and oxygen atoms in total. The van der Waals surface area contributed by atoms with Crippen molar-refractivity contribution >= 4 is 8.80 Å². The highest BCUT2D eigenvalue weighted by molar-refractivity contribution is 6.64. The van der Waals surface area contributed by atoms with Crippen LogP contribution in [0.1, 0.15) is 41.5 Å². The lowest BCUT2D eigenvalue weighted by atomic mass is 9.88. The van der Waals surface area contributed by atoms with Gasteiger partial charge in [-0.15, -0.1) is 0 Å². The summed E-state index contributed by atoms with van der Waals surface area (Å²) in [4.78, 5) is 0. The molecule has 4 atom stereocenters. The summed E-state index contributed by atoms with van der Waals surface area (Å²) in [5.41, 5.74) is 0. The van der Waals surface area contributed by atoms with Crippen LogP contribution in [0.2, 0.25) is 0 Å². The van der Waals surface area contributed by atoms with E-state index < -0.39 is 20.1 Å². The van der Waals surface area contributed by atoms with Crippen LogP contribution in [-0.4, -0.2) is 76.1 Å². The monoisotopic (exact) mass is 406 g/mol. The van der Waals surface area contributed by atoms with Crippen LogP contribution in [-0.2, 0) is 22.8 Å². The van der Waals surface area contributed by atoms with Gasteiger partial charge < -0.3 is 33.0 Å². The van der Waals surface area contributed by atoms with Crippen LogP contribution in [0.5, 0.6) is 0 Å². The molecule has 1 heterocycles. The minimum Gasteiger partial charge on any atom is -0.394 e. The molecule has 0 aromatic heterocycles. The van der Waals surface area contributed by atoms with Gasteiger partial charge in [-0.2, -0.15) is 0 Å². The third-order valence-corrected chi connectivity index (χ3v) is 8.74. The highest BCUT2D eigenvalue weighted by atomic mass is 28.4. The van der Waals surface area contributed by atoms with E-state index in [2.05, 4.69) is 6.08 Å². The second kappa shape index (κ2) is 11.6. The van der Waals surface area contributed by atoms with Crippen molar-refractivity contribution in [2.24, 2.45) is 11.8 Å². The second-order valence-corrected chi connectivity index (χ2v) is 9.63. The van der Waals surface area contributed by atoms with E-state index in [1.807, 2.05) is 47.6 Å². The van der Waals surface area contributed by atoms with E-state index in [-0.39, 0.29) is 31.2 Å². The zero-order chi connectivity index (χ0) is 20.5. The Morgan fingerprint density at radius 2 is 1.67 bits per heavy atom. The van der Waals surface area contributed by atoms with Crippen molar-refractivity contribution in [1.29, 1.82) is 0 Å². The van der Waals surface area contributed by atoms with E-state index in [0.717, 1.165) is 0 Å². The Labute approximate surface area is 165 Å². The lowest BCUT2D eigenvalue weighted by molar-refractivity contribution is -0.140. The highest BCUT2D eigenvalue weighted by Gasteiger charge is 2.69. The summed E-state index contributed by atoms with van der Waals surface area (Å²) in [6.07, 6.45) is 3.01. The van der Waals surface area contributed by atoms with Gasteiger partial charge in [-0.1, -0.05) is 26.0 Å². The molecular formula is C19H38O7Si. The maximum absolute atomic E-state index is 9.99. The predicted molar refractivity (Wildman–Crippen MR) is 105 cm³/mol. The average molecular weight is 407 g/mol. The number of hydrogen-bond acceptors (Lipinski definition) is 7. The first-order valence-electron chi connectivity index (χ1n) is 9.98. The normalized spacial score (nSPS) is 22.2. The molecule has 4 unspecified atom stereocenters. The minimum atomic E-state index is -3.39. The first kappa shape index (κ1) is 24.7. The Bertz CT molecular complexity index is 425. The Kier molecular flexibility index (Phi) is 10.6. The third-order valence-electron chi connectivity index (χ3n) is 4.72. The standard InChI is InChI=1S/C19H38O7Si/c1-7-11-17(18-14-22-18)19(15(5)6,23-13-16(21)12-20)27(24-8-2,25-9-3)26-10-4/h7,11,15-18,20-21H,8-10,12-14H2,1-6H3. The summed E-state index contributed by atoms with van der Waals surface area (Å²) in [6.45, 7) is 13.2. The van der Waals surface area contributed by atoms with Crippen molar-refractivity contribution in [3.05, 3.63) is 12.2 Å². The van der Waals surface area contributed by atoms with Crippen LogP contribution in [0, 0.1) is 11.8 Å². The molecule has 1 aliphatic rings. The van der Waals surface area contributed by atoms with E-state index in [0.29, 0.717) is 26.4 Å². The Hall–Kier alpha value is -0.323. The topological polar surface area (TPSA) is 89.9 Å². The smallest absolute Gasteiger partial charge is 0.394 e. The van der Waals surface area contributed by atoms with Crippen LogP contribution in [0.25, 0.3) is 0 Å². The van der Waals surface area contributed by atoms with Crippen LogP contribution < -0.4 is 0 Å². The molecule has 0 aromatic rings. The van der Waals surface area contributed by atoms with Gasteiger partial charge >= 0.3 is 8.80 Å². The number of allylic oxidation sites excluding steroid dienone is 1. The van der Waals surface area contributed by atoms with Crippen molar-refractivity contribution in [2.75, 3.05) is 39.6 Å². The fraction of sp³-hybridized carbons (Fsp3) is 0.895. The van der Waals surface area contributed by atoms with Gasteiger partial charge in [-0.25, -0.2) is 0 Å². The van der Waals surface area contributed by atoms with E-state index in [1.165, 1.54) is 0 Å². The molecule has 0 spiro atoms. The summed E-state index contributed by atoms with van der Waals surface area (Å²) in [5, 5.41) is 18.3. The molecule has 1 rings (SSSR count). The van der Waals surface area contributed by atoms with Gasteiger partial charge in [-0.3, -0.25) is 0 Å². The Balaban J connectivity index is 3.56. The van der Waals surface area contributed by atoms with Crippen molar-refractivity contribution in [2.45, 2.75) is 59.0 Å². The molecular weight excluding hydrogens is 368 g/mol. The Morgan fingerprint density at radius 1 is 1.15 bits per heavy atom. The van der Waals surface area contributed by atoms with Crippen molar-refractivity contribution in [1.82, 2.24) is 0 Å². The van der Waals surface area contributed by atoms with Gasteiger partial charge in [0.2, 0.25) is 0 Å². The SMILES string of the molecule is CC=CC(C1CO1)C(OCC(O)CO)(C(C)C)[Si](OCC)(OCC)OCC. The zero-order valence-electron chi connectivity index (χ0n) is 17.6. The van der Waals surface area contributed by atoms with Crippen LogP contribution in [0.4, 0.5) is 0 Å². The molecule has 0 saturated carbocycles. The molecule has 8 heteroatoms. The van der Waals surface area contributed by atoms with Gasteiger partial charge in [0.25, 0.3) is 0 Å². The largest absolute Gasteiger partial charge is 0.535 e. The third kappa shape index (κ3) is 5.60. The average Bonchev–Trinajstić information content (AvgIpc) is 3.46. The summed E-state index contributed by atoms with van der Waals surface area (Å²) >= 11 is 0. The van der Waals surface area contributed by atoms with Gasteiger partial charge in [-0.05, 0) is 33.6 Å². The molecule has 0 aliphatic carbocycles. The van der Waals surface area contributed by atoms with E-state index in [4.69, 9.17) is 22.8 Å². The van der Waals surface area contributed by atoms with Crippen molar-refractivity contribution < 1.29 is 33.0 Å². The molecule has 0 amide bonds. The number of aliphatic hydroxyl groups is 2.